The van der Waals surface area contributed by atoms with Crippen LogP contribution < -0.4 is 9.64 Å². The monoisotopic (exact) mass is 283 g/mol. The quantitative estimate of drug-likeness (QED) is 0.810. The van der Waals surface area contributed by atoms with Crippen molar-refractivity contribution < 1.29 is 14.3 Å². The topological polar surface area (TPSA) is 46.6 Å². The van der Waals surface area contributed by atoms with Crippen molar-refractivity contribution in [3.63, 3.8) is 0 Å². The fourth-order valence-electron chi connectivity index (χ4n) is 2.10. The predicted molar refractivity (Wildman–Crippen MR) is 82.2 cm³/mol. The van der Waals surface area contributed by atoms with Crippen LogP contribution in [0.3, 0.4) is 0 Å². The molecule has 1 amide bonds. The van der Waals surface area contributed by atoms with Crippen LogP contribution in [0.5, 0.6) is 5.75 Å². The fourth-order valence-corrected chi connectivity index (χ4v) is 2.10. The molecule has 0 atom stereocenters. The van der Waals surface area contributed by atoms with Crippen LogP contribution >= 0.6 is 0 Å². The number of carbonyl (C=O) groups excluding carboxylic acids is 2. The number of ketones is 1. The molecule has 0 spiro atoms. The minimum atomic E-state index is -0.175. The average Bonchev–Trinajstić information content (AvgIpc) is 2.53. The van der Waals surface area contributed by atoms with Gasteiger partial charge in [-0.25, -0.2) is 0 Å². The van der Waals surface area contributed by atoms with E-state index < -0.39 is 0 Å². The number of rotatable bonds is 4. The van der Waals surface area contributed by atoms with Crippen LogP contribution in [0.2, 0.25) is 0 Å². The lowest BCUT2D eigenvalue weighted by Crippen LogP contribution is -2.27. The van der Waals surface area contributed by atoms with Gasteiger partial charge in [0.2, 0.25) is 0 Å². The lowest BCUT2D eigenvalue weighted by molar-refractivity contribution is 0.0993. The summed E-state index contributed by atoms with van der Waals surface area (Å²) in [6.07, 6.45) is 0. The van der Waals surface area contributed by atoms with Gasteiger partial charge in [0.15, 0.2) is 5.78 Å². The van der Waals surface area contributed by atoms with E-state index in [4.69, 9.17) is 4.74 Å². The first-order valence-corrected chi connectivity index (χ1v) is 6.56. The number of hydrogen-bond donors (Lipinski definition) is 0. The second kappa shape index (κ2) is 6.22. The molecule has 2 aromatic carbocycles. The van der Waals surface area contributed by atoms with Crippen LogP contribution in [0.25, 0.3) is 0 Å². The summed E-state index contributed by atoms with van der Waals surface area (Å²) in [4.78, 5) is 25.6. The van der Waals surface area contributed by atoms with Crippen molar-refractivity contribution in [3.8, 4) is 5.75 Å². The highest BCUT2D eigenvalue weighted by Gasteiger charge is 2.17. The number of nitrogens with zero attached hydrogens (tertiary/aromatic N) is 1. The van der Waals surface area contributed by atoms with E-state index >= 15 is 0 Å². The number of para-hydroxylation sites is 1. The number of amides is 1. The normalized spacial score (nSPS) is 10.0. The number of benzene rings is 2. The highest BCUT2D eigenvalue weighted by Crippen LogP contribution is 2.22. The van der Waals surface area contributed by atoms with Gasteiger partial charge in [-0.15, -0.1) is 0 Å². The zero-order valence-electron chi connectivity index (χ0n) is 12.3. The molecule has 0 radical (unpaired) electrons. The Kier molecular flexibility index (Phi) is 4.38. The number of ether oxygens (including phenoxy) is 1. The van der Waals surface area contributed by atoms with E-state index in [1.807, 2.05) is 0 Å². The fraction of sp³-hybridized carbons (Fsp3) is 0.176. The summed E-state index contributed by atoms with van der Waals surface area (Å²) in [5, 5.41) is 0. The first kappa shape index (κ1) is 14.8. The third-order valence-electron chi connectivity index (χ3n) is 3.29. The summed E-state index contributed by atoms with van der Waals surface area (Å²) >= 11 is 0. The first-order chi connectivity index (χ1) is 10.0. The molecule has 2 aromatic rings. The van der Waals surface area contributed by atoms with Crippen molar-refractivity contribution >= 4 is 17.4 Å². The van der Waals surface area contributed by atoms with Crippen LogP contribution in [0, 0.1) is 0 Å². The largest absolute Gasteiger partial charge is 0.497 e. The van der Waals surface area contributed by atoms with Crippen molar-refractivity contribution in [1.82, 2.24) is 0 Å². The van der Waals surface area contributed by atoms with Gasteiger partial charge in [-0.05, 0) is 43.3 Å². The van der Waals surface area contributed by atoms with Crippen LogP contribution in [0.4, 0.5) is 5.69 Å². The molecule has 21 heavy (non-hydrogen) atoms. The molecule has 4 heteroatoms. The summed E-state index contributed by atoms with van der Waals surface area (Å²) < 4.78 is 5.08. The molecule has 0 aliphatic carbocycles. The molecule has 2 rings (SSSR count). The summed E-state index contributed by atoms with van der Waals surface area (Å²) in [6.45, 7) is 1.49. The van der Waals surface area contributed by atoms with Gasteiger partial charge in [0, 0.05) is 18.2 Å². The number of carbonyl (C=O) groups is 2. The van der Waals surface area contributed by atoms with E-state index in [1.54, 1.807) is 62.7 Å². The standard InChI is InChI=1S/C17H17NO3/c1-12(19)15-6-4-5-7-16(15)18(2)17(20)13-8-10-14(21-3)11-9-13/h4-11H,1-3H3. The molecular weight excluding hydrogens is 266 g/mol. The Balaban J connectivity index is 2.32. The van der Waals surface area contributed by atoms with E-state index in [9.17, 15) is 9.59 Å². The van der Waals surface area contributed by atoms with E-state index in [0.717, 1.165) is 0 Å². The van der Waals surface area contributed by atoms with Gasteiger partial charge in [0.25, 0.3) is 5.91 Å². The third kappa shape index (κ3) is 3.11. The van der Waals surface area contributed by atoms with Crippen molar-refractivity contribution in [3.05, 3.63) is 59.7 Å². The van der Waals surface area contributed by atoms with Crippen LogP contribution in [-0.2, 0) is 0 Å². The Morgan fingerprint density at radius 3 is 2.19 bits per heavy atom. The maximum absolute atomic E-state index is 12.5. The number of Topliss-reactive ketones (excluding diaryl/α,β-unsaturated/α-hetero) is 1. The summed E-state index contributed by atoms with van der Waals surface area (Å²) in [5.74, 6) is 0.449. The Morgan fingerprint density at radius 2 is 1.62 bits per heavy atom. The Bertz CT molecular complexity index is 662. The van der Waals surface area contributed by atoms with E-state index in [-0.39, 0.29) is 11.7 Å². The van der Waals surface area contributed by atoms with Gasteiger partial charge in [-0.2, -0.15) is 0 Å². The SMILES string of the molecule is COc1ccc(C(=O)N(C)c2ccccc2C(C)=O)cc1. The molecule has 0 bridgehead atoms. The van der Waals surface area contributed by atoms with Crippen LogP contribution in [0.15, 0.2) is 48.5 Å². The minimum absolute atomic E-state index is 0.0695. The first-order valence-electron chi connectivity index (χ1n) is 6.56. The van der Waals surface area contributed by atoms with E-state index in [0.29, 0.717) is 22.6 Å². The summed E-state index contributed by atoms with van der Waals surface area (Å²) in [7, 11) is 3.24. The van der Waals surface area contributed by atoms with Crippen molar-refractivity contribution in [2.75, 3.05) is 19.1 Å². The van der Waals surface area contributed by atoms with Gasteiger partial charge < -0.3 is 9.64 Å². The number of hydrogen-bond acceptors (Lipinski definition) is 3. The Morgan fingerprint density at radius 1 is 1.00 bits per heavy atom. The van der Waals surface area contributed by atoms with Crippen LogP contribution in [0.1, 0.15) is 27.6 Å². The van der Waals surface area contributed by atoms with E-state index in [1.165, 1.54) is 11.8 Å². The molecule has 0 aliphatic rings. The average molecular weight is 283 g/mol. The van der Waals surface area contributed by atoms with Gasteiger partial charge in [-0.3, -0.25) is 9.59 Å². The van der Waals surface area contributed by atoms with E-state index in [2.05, 4.69) is 0 Å². The van der Waals surface area contributed by atoms with Crippen molar-refractivity contribution in [2.24, 2.45) is 0 Å². The molecule has 4 nitrogen and oxygen atoms in total. The predicted octanol–water partition coefficient (Wildman–Crippen LogP) is 3.17. The molecule has 0 aliphatic heterocycles. The minimum Gasteiger partial charge on any atom is -0.497 e. The number of anilines is 1. The highest BCUT2D eigenvalue weighted by atomic mass is 16.5. The molecular formula is C17H17NO3. The third-order valence-corrected chi connectivity index (χ3v) is 3.29. The second-order valence-corrected chi connectivity index (χ2v) is 4.67. The van der Waals surface area contributed by atoms with Crippen molar-refractivity contribution in [1.29, 1.82) is 0 Å². The Labute approximate surface area is 124 Å². The van der Waals surface area contributed by atoms with Gasteiger partial charge in [0.1, 0.15) is 5.75 Å². The van der Waals surface area contributed by atoms with Gasteiger partial charge in [0.05, 0.1) is 12.8 Å². The zero-order chi connectivity index (χ0) is 15.4. The van der Waals surface area contributed by atoms with Crippen LogP contribution in [-0.4, -0.2) is 25.8 Å². The van der Waals surface area contributed by atoms with Gasteiger partial charge >= 0.3 is 0 Å². The maximum Gasteiger partial charge on any atom is 0.258 e. The van der Waals surface area contributed by atoms with Crippen molar-refractivity contribution in [2.45, 2.75) is 6.92 Å². The smallest absolute Gasteiger partial charge is 0.258 e. The molecule has 0 saturated heterocycles. The molecule has 0 aromatic heterocycles. The molecule has 0 heterocycles. The Hall–Kier alpha value is -2.62. The van der Waals surface area contributed by atoms with Gasteiger partial charge in [-0.1, -0.05) is 12.1 Å². The molecule has 0 unspecified atom stereocenters. The lowest BCUT2D eigenvalue weighted by atomic mass is 10.1. The second-order valence-electron chi connectivity index (χ2n) is 4.67. The molecule has 0 N–H and O–H groups in total. The molecule has 0 saturated carbocycles. The number of methoxy groups -OCH3 is 1. The highest BCUT2D eigenvalue weighted by molar-refractivity contribution is 6.10. The zero-order valence-corrected chi connectivity index (χ0v) is 12.3. The lowest BCUT2D eigenvalue weighted by Gasteiger charge is -2.20. The molecule has 0 fully saturated rings. The molecule has 108 valence electrons. The summed E-state index contributed by atoms with van der Waals surface area (Å²) in [6, 6.07) is 13.9. The summed E-state index contributed by atoms with van der Waals surface area (Å²) in [5.41, 5.74) is 1.67. The maximum atomic E-state index is 12.5.